The maximum Gasteiger partial charge on any atom is 0.221 e. The smallest absolute Gasteiger partial charge is 0.221 e. The number of ether oxygens (including phenoxy) is 1. The van der Waals surface area contributed by atoms with Crippen molar-refractivity contribution in [2.45, 2.75) is 18.9 Å². The number of hydrogen-bond acceptors (Lipinski definition) is 4. The van der Waals surface area contributed by atoms with E-state index in [0.29, 0.717) is 17.3 Å². The van der Waals surface area contributed by atoms with Crippen LogP contribution in [0.5, 0.6) is 0 Å². The number of halogens is 1. The molecule has 0 amide bonds. The van der Waals surface area contributed by atoms with Gasteiger partial charge in [-0.25, -0.2) is 9.07 Å². The van der Waals surface area contributed by atoms with Crippen molar-refractivity contribution in [2.24, 2.45) is 5.92 Å². The van der Waals surface area contributed by atoms with Gasteiger partial charge < -0.3 is 10.1 Å². The third kappa shape index (κ3) is 2.19. The molecule has 0 bridgehead atoms. The van der Waals surface area contributed by atoms with Gasteiger partial charge in [0.05, 0.1) is 18.2 Å². The summed E-state index contributed by atoms with van der Waals surface area (Å²) in [6.45, 7) is 2.47. The van der Waals surface area contributed by atoms with E-state index < -0.39 is 0 Å². The Hall–Kier alpha value is -1.95. The first-order valence-electron chi connectivity index (χ1n) is 7.36. The van der Waals surface area contributed by atoms with Crippen molar-refractivity contribution in [3.05, 3.63) is 30.1 Å². The molecule has 21 heavy (non-hydrogen) atoms. The number of hydrogen-bond donors (Lipinski definition) is 1. The van der Waals surface area contributed by atoms with Gasteiger partial charge in [0.25, 0.3) is 0 Å². The lowest BCUT2D eigenvalue weighted by molar-refractivity contribution is 0.167. The van der Waals surface area contributed by atoms with Gasteiger partial charge in [0, 0.05) is 19.1 Å². The molecule has 0 aliphatic carbocycles. The molecular weight excluding hydrogens is 271 g/mol. The number of nitrogens with one attached hydrogen (secondary N) is 1. The molecule has 6 heteroatoms. The average molecular weight is 288 g/mol. The topological polar surface area (TPSA) is 52.0 Å². The number of benzene rings is 1. The van der Waals surface area contributed by atoms with E-state index in [4.69, 9.17) is 4.74 Å². The van der Waals surface area contributed by atoms with Gasteiger partial charge in [-0.3, -0.25) is 0 Å². The fourth-order valence-corrected chi connectivity index (χ4v) is 3.18. The van der Waals surface area contributed by atoms with Crippen LogP contribution in [0.2, 0.25) is 0 Å². The summed E-state index contributed by atoms with van der Waals surface area (Å²) in [5.74, 6) is 1.36. The largest absolute Gasteiger partial charge is 0.381 e. The van der Waals surface area contributed by atoms with E-state index in [1.165, 1.54) is 6.07 Å². The zero-order chi connectivity index (χ0) is 14.2. The van der Waals surface area contributed by atoms with Crippen LogP contribution >= 0.6 is 0 Å². The molecule has 2 aliphatic heterocycles. The van der Waals surface area contributed by atoms with Gasteiger partial charge in [-0.15, -0.1) is 5.10 Å². The number of anilines is 1. The van der Waals surface area contributed by atoms with Crippen LogP contribution in [0.25, 0.3) is 11.4 Å². The molecule has 1 aromatic carbocycles. The maximum absolute atomic E-state index is 13.9. The summed E-state index contributed by atoms with van der Waals surface area (Å²) in [4.78, 5) is 4.46. The fraction of sp³-hybridized carbons (Fsp3) is 0.467. The quantitative estimate of drug-likeness (QED) is 0.922. The number of aromatic nitrogens is 3. The first-order valence-corrected chi connectivity index (χ1v) is 7.36. The minimum absolute atomic E-state index is 0.289. The summed E-state index contributed by atoms with van der Waals surface area (Å²) in [5.41, 5.74) is 0.447. The normalized spacial score (nSPS) is 24.6. The Kier molecular flexibility index (Phi) is 3.11. The SMILES string of the molecule is Fc1ccccc1-c1nc2n(n1)C(C1CCOC1)CCN2. The third-order valence-corrected chi connectivity index (χ3v) is 4.29. The molecule has 0 spiro atoms. The van der Waals surface area contributed by atoms with E-state index in [1.54, 1.807) is 18.2 Å². The molecule has 1 N–H and O–H groups in total. The van der Waals surface area contributed by atoms with Crippen molar-refractivity contribution in [1.82, 2.24) is 14.8 Å². The highest BCUT2D eigenvalue weighted by atomic mass is 19.1. The van der Waals surface area contributed by atoms with E-state index in [1.807, 2.05) is 4.68 Å². The average Bonchev–Trinajstić information content (AvgIpc) is 3.16. The molecule has 5 nitrogen and oxygen atoms in total. The van der Waals surface area contributed by atoms with E-state index in [9.17, 15) is 4.39 Å². The van der Waals surface area contributed by atoms with Crippen LogP contribution in [0.1, 0.15) is 18.9 Å². The van der Waals surface area contributed by atoms with Crippen LogP contribution in [-0.2, 0) is 4.74 Å². The van der Waals surface area contributed by atoms with Crippen molar-refractivity contribution in [1.29, 1.82) is 0 Å². The van der Waals surface area contributed by atoms with Crippen LogP contribution in [0, 0.1) is 11.7 Å². The molecule has 1 saturated heterocycles. The van der Waals surface area contributed by atoms with Gasteiger partial charge in [0.1, 0.15) is 5.82 Å². The molecule has 0 saturated carbocycles. The second-order valence-electron chi connectivity index (χ2n) is 5.59. The van der Waals surface area contributed by atoms with Crippen molar-refractivity contribution >= 4 is 5.95 Å². The first-order chi connectivity index (χ1) is 10.3. The van der Waals surface area contributed by atoms with Gasteiger partial charge in [-0.2, -0.15) is 4.98 Å². The Bertz CT molecular complexity index is 651. The summed E-state index contributed by atoms with van der Waals surface area (Å²) in [7, 11) is 0. The molecule has 110 valence electrons. The zero-order valence-corrected chi connectivity index (χ0v) is 11.6. The van der Waals surface area contributed by atoms with Gasteiger partial charge in [-0.05, 0) is 25.0 Å². The van der Waals surface area contributed by atoms with Gasteiger partial charge in [-0.1, -0.05) is 12.1 Å². The standard InChI is InChI=1S/C15H17FN4O/c16-12-4-2-1-3-11(12)14-18-15-17-7-5-13(20(15)19-14)10-6-8-21-9-10/h1-4,10,13H,5-9H2,(H,17,18,19). The number of fused-ring (bicyclic) bond motifs is 1. The lowest BCUT2D eigenvalue weighted by Crippen LogP contribution is -2.29. The highest BCUT2D eigenvalue weighted by molar-refractivity contribution is 5.57. The highest BCUT2D eigenvalue weighted by Crippen LogP contribution is 2.34. The molecular formula is C15H17FN4O. The van der Waals surface area contributed by atoms with Gasteiger partial charge in [0.2, 0.25) is 5.95 Å². The minimum atomic E-state index is -0.291. The molecule has 0 radical (unpaired) electrons. The molecule has 1 fully saturated rings. The summed E-state index contributed by atoms with van der Waals surface area (Å²) in [5, 5.41) is 7.81. The predicted molar refractivity (Wildman–Crippen MR) is 76.5 cm³/mol. The molecule has 3 heterocycles. The lowest BCUT2D eigenvalue weighted by atomic mass is 9.95. The second kappa shape index (κ2) is 5.11. The molecule has 1 aromatic heterocycles. The maximum atomic E-state index is 13.9. The fourth-order valence-electron chi connectivity index (χ4n) is 3.18. The Labute approximate surface area is 122 Å². The number of rotatable bonds is 2. The Morgan fingerprint density at radius 3 is 3.00 bits per heavy atom. The Morgan fingerprint density at radius 1 is 1.29 bits per heavy atom. The van der Waals surface area contributed by atoms with Crippen molar-refractivity contribution < 1.29 is 9.13 Å². The van der Waals surface area contributed by atoms with Crippen LogP contribution < -0.4 is 5.32 Å². The zero-order valence-electron chi connectivity index (χ0n) is 11.6. The third-order valence-electron chi connectivity index (χ3n) is 4.29. The van der Waals surface area contributed by atoms with Crippen LogP contribution in [-0.4, -0.2) is 34.5 Å². The lowest BCUT2D eigenvalue weighted by Gasteiger charge is -2.28. The van der Waals surface area contributed by atoms with Crippen molar-refractivity contribution in [2.75, 3.05) is 25.1 Å². The monoisotopic (exact) mass is 288 g/mol. The van der Waals surface area contributed by atoms with E-state index in [-0.39, 0.29) is 11.9 Å². The summed E-state index contributed by atoms with van der Waals surface area (Å²) >= 11 is 0. The minimum Gasteiger partial charge on any atom is -0.381 e. The first kappa shape index (κ1) is 12.8. The predicted octanol–water partition coefficient (Wildman–Crippen LogP) is 2.48. The van der Waals surface area contributed by atoms with E-state index in [2.05, 4.69) is 15.4 Å². The van der Waals surface area contributed by atoms with Crippen LogP contribution in [0.3, 0.4) is 0 Å². The van der Waals surface area contributed by atoms with Crippen molar-refractivity contribution in [3.8, 4) is 11.4 Å². The molecule has 2 aromatic rings. The summed E-state index contributed by atoms with van der Waals surface area (Å²) < 4.78 is 21.3. The molecule has 2 atom stereocenters. The Morgan fingerprint density at radius 2 is 2.19 bits per heavy atom. The molecule has 2 aliphatic rings. The molecule has 4 rings (SSSR count). The van der Waals surface area contributed by atoms with Gasteiger partial charge >= 0.3 is 0 Å². The summed E-state index contributed by atoms with van der Waals surface area (Å²) in [6, 6.07) is 6.91. The van der Waals surface area contributed by atoms with Crippen molar-refractivity contribution in [3.63, 3.8) is 0 Å². The van der Waals surface area contributed by atoms with Crippen LogP contribution in [0.4, 0.5) is 10.3 Å². The van der Waals surface area contributed by atoms with Crippen LogP contribution in [0.15, 0.2) is 24.3 Å². The number of nitrogens with zero attached hydrogens (tertiary/aromatic N) is 3. The molecule has 2 unspecified atom stereocenters. The van der Waals surface area contributed by atoms with E-state index in [0.717, 1.165) is 38.5 Å². The summed E-state index contributed by atoms with van der Waals surface area (Å²) in [6.07, 6.45) is 2.06. The van der Waals surface area contributed by atoms with Gasteiger partial charge in [0.15, 0.2) is 5.82 Å². The second-order valence-corrected chi connectivity index (χ2v) is 5.59. The highest BCUT2D eigenvalue weighted by Gasteiger charge is 2.32. The Balaban J connectivity index is 1.72. The van der Waals surface area contributed by atoms with E-state index >= 15 is 0 Å².